The topological polar surface area (TPSA) is 92.9 Å². The van der Waals surface area contributed by atoms with Gasteiger partial charge >= 0.3 is 11.9 Å². The van der Waals surface area contributed by atoms with Crippen LogP contribution in [0.3, 0.4) is 0 Å². The summed E-state index contributed by atoms with van der Waals surface area (Å²) < 4.78 is 4.85. The van der Waals surface area contributed by atoms with Gasteiger partial charge in [0.15, 0.2) is 0 Å². The number of aliphatic carboxylic acids is 1. The molecule has 0 bridgehead atoms. The Morgan fingerprint density at radius 3 is 2.53 bits per heavy atom. The number of ether oxygens (including phenoxy) is 1. The van der Waals surface area contributed by atoms with Crippen molar-refractivity contribution >= 4 is 11.9 Å². The molecule has 3 N–H and O–H groups in total. The second-order valence-electron chi connectivity index (χ2n) is 3.51. The van der Waals surface area contributed by atoms with Gasteiger partial charge in [0, 0.05) is 13.0 Å². The molecular formula is C9H18N2O4. The Labute approximate surface area is 89.0 Å². The molecule has 1 unspecified atom stereocenters. The van der Waals surface area contributed by atoms with Crippen molar-refractivity contribution in [3.63, 3.8) is 0 Å². The van der Waals surface area contributed by atoms with E-state index in [0.29, 0.717) is 6.54 Å². The normalized spacial score (nSPS) is 12.5. The average molecular weight is 218 g/mol. The van der Waals surface area contributed by atoms with Gasteiger partial charge in [0.25, 0.3) is 0 Å². The summed E-state index contributed by atoms with van der Waals surface area (Å²) in [5, 5.41) is 8.38. The van der Waals surface area contributed by atoms with Gasteiger partial charge in [0.2, 0.25) is 0 Å². The number of carbonyl (C=O) groups is 2. The second kappa shape index (κ2) is 7.19. The van der Waals surface area contributed by atoms with Crippen molar-refractivity contribution in [2.45, 2.75) is 18.9 Å². The summed E-state index contributed by atoms with van der Waals surface area (Å²) in [5.41, 5.74) is 5.43. The Morgan fingerprint density at radius 1 is 1.47 bits per heavy atom. The fourth-order valence-corrected chi connectivity index (χ4v) is 0.833. The zero-order valence-electron chi connectivity index (χ0n) is 9.10. The van der Waals surface area contributed by atoms with Crippen LogP contribution >= 0.6 is 0 Å². The lowest BCUT2D eigenvalue weighted by Crippen LogP contribution is -2.34. The number of carboxylic acid groups (broad SMARTS) is 1. The number of hydrogen-bond acceptors (Lipinski definition) is 5. The van der Waals surface area contributed by atoms with Crippen LogP contribution in [0.1, 0.15) is 12.8 Å². The average Bonchev–Trinajstić information content (AvgIpc) is 2.13. The Morgan fingerprint density at radius 2 is 2.07 bits per heavy atom. The van der Waals surface area contributed by atoms with Gasteiger partial charge in [-0.05, 0) is 20.5 Å². The Hall–Kier alpha value is -1.14. The van der Waals surface area contributed by atoms with E-state index >= 15 is 0 Å². The number of likely N-dealkylation sites (N-methyl/N-ethyl adjacent to an activating group) is 1. The Bertz CT molecular complexity index is 218. The summed E-state index contributed by atoms with van der Waals surface area (Å²) in [4.78, 5) is 23.3. The molecule has 88 valence electrons. The standard InChI is InChI=1S/C9H18N2O4/c1-11(2)5-6-15-9(14)7(10)3-4-8(12)13/h7H,3-6,10H2,1-2H3,(H,12,13). The van der Waals surface area contributed by atoms with Crippen LogP contribution in [-0.2, 0) is 14.3 Å². The van der Waals surface area contributed by atoms with Crippen molar-refractivity contribution in [1.29, 1.82) is 0 Å². The van der Waals surface area contributed by atoms with Crippen molar-refractivity contribution in [3.05, 3.63) is 0 Å². The molecule has 15 heavy (non-hydrogen) atoms. The lowest BCUT2D eigenvalue weighted by atomic mass is 10.2. The van der Waals surface area contributed by atoms with Crippen LogP contribution in [0.25, 0.3) is 0 Å². The van der Waals surface area contributed by atoms with E-state index in [2.05, 4.69) is 0 Å². The first-order valence-electron chi connectivity index (χ1n) is 4.72. The maximum Gasteiger partial charge on any atom is 0.322 e. The summed E-state index contributed by atoms with van der Waals surface area (Å²) in [6.07, 6.45) is -0.0138. The number of rotatable bonds is 7. The Kier molecular flexibility index (Phi) is 6.64. The van der Waals surface area contributed by atoms with E-state index in [1.165, 1.54) is 0 Å². The molecule has 0 fully saturated rings. The van der Waals surface area contributed by atoms with Crippen LogP contribution in [0.5, 0.6) is 0 Å². The minimum Gasteiger partial charge on any atom is -0.481 e. The molecule has 0 aliphatic carbocycles. The predicted octanol–water partition coefficient (Wildman–Crippen LogP) is -0.717. The number of nitrogens with two attached hydrogens (primary N) is 1. The van der Waals surface area contributed by atoms with E-state index in [0.717, 1.165) is 0 Å². The maximum absolute atomic E-state index is 11.2. The largest absolute Gasteiger partial charge is 0.481 e. The molecule has 0 radical (unpaired) electrons. The highest BCUT2D eigenvalue weighted by Gasteiger charge is 2.15. The molecule has 0 aromatic heterocycles. The number of carboxylic acids is 1. The number of nitrogens with zero attached hydrogens (tertiary/aromatic N) is 1. The molecule has 1 atom stereocenters. The fourth-order valence-electron chi connectivity index (χ4n) is 0.833. The maximum atomic E-state index is 11.2. The van der Waals surface area contributed by atoms with Gasteiger partial charge in [0.1, 0.15) is 12.6 Å². The summed E-state index contributed by atoms with van der Waals surface area (Å²) in [6.45, 7) is 0.893. The molecule has 6 heteroatoms. The van der Waals surface area contributed by atoms with Gasteiger partial charge < -0.3 is 20.5 Å². The predicted molar refractivity (Wildman–Crippen MR) is 54.4 cm³/mol. The number of hydrogen-bond donors (Lipinski definition) is 2. The van der Waals surface area contributed by atoms with Gasteiger partial charge in [-0.3, -0.25) is 9.59 Å². The van der Waals surface area contributed by atoms with Gasteiger partial charge in [-0.25, -0.2) is 0 Å². The van der Waals surface area contributed by atoms with E-state index < -0.39 is 18.0 Å². The summed E-state index contributed by atoms with van der Waals surface area (Å²) in [5.74, 6) is -1.51. The first-order valence-corrected chi connectivity index (χ1v) is 4.72. The first kappa shape index (κ1) is 13.9. The molecule has 0 saturated carbocycles. The van der Waals surface area contributed by atoms with Gasteiger partial charge in [-0.2, -0.15) is 0 Å². The minimum absolute atomic E-state index is 0.107. The van der Waals surface area contributed by atoms with Crippen LogP contribution in [-0.4, -0.2) is 55.2 Å². The third-order valence-electron chi connectivity index (χ3n) is 1.75. The minimum atomic E-state index is -0.966. The van der Waals surface area contributed by atoms with Crippen LogP contribution in [0.15, 0.2) is 0 Å². The van der Waals surface area contributed by atoms with Crippen molar-refractivity contribution in [2.75, 3.05) is 27.2 Å². The Balaban J connectivity index is 3.64. The van der Waals surface area contributed by atoms with Crippen molar-refractivity contribution in [3.8, 4) is 0 Å². The molecular weight excluding hydrogens is 200 g/mol. The zero-order chi connectivity index (χ0) is 11.8. The van der Waals surface area contributed by atoms with Crippen LogP contribution in [0, 0.1) is 0 Å². The molecule has 0 spiro atoms. The van der Waals surface area contributed by atoms with Crippen molar-refractivity contribution in [2.24, 2.45) is 5.73 Å². The van der Waals surface area contributed by atoms with E-state index in [1.54, 1.807) is 0 Å². The fraction of sp³-hybridized carbons (Fsp3) is 0.778. The summed E-state index contributed by atoms with van der Waals surface area (Å²) in [6, 6.07) is -0.844. The van der Waals surface area contributed by atoms with Crippen molar-refractivity contribution < 1.29 is 19.4 Å². The monoisotopic (exact) mass is 218 g/mol. The first-order chi connectivity index (χ1) is 6.93. The van der Waals surface area contributed by atoms with Crippen LogP contribution < -0.4 is 5.73 Å². The number of esters is 1. The number of carbonyl (C=O) groups excluding carboxylic acids is 1. The highest BCUT2D eigenvalue weighted by Crippen LogP contribution is 1.97. The van der Waals surface area contributed by atoms with Gasteiger partial charge in [-0.15, -0.1) is 0 Å². The van der Waals surface area contributed by atoms with Gasteiger partial charge in [-0.1, -0.05) is 0 Å². The second-order valence-corrected chi connectivity index (χ2v) is 3.51. The highest BCUT2D eigenvalue weighted by atomic mass is 16.5. The lowest BCUT2D eigenvalue weighted by molar-refractivity contribution is -0.146. The molecule has 0 aromatic carbocycles. The third-order valence-corrected chi connectivity index (χ3v) is 1.75. The van der Waals surface area contributed by atoms with E-state index in [-0.39, 0.29) is 19.4 Å². The molecule has 0 aliphatic rings. The highest BCUT2D eigenvalue weighted by molar-refractivity contribution is 5.76. The quantitative estimate of drug-likeness (QED) is 0.548. The summed E-state index contributed by atoms with van der Waals surface area (Å²) in [7, 11) is 3.72. The molecule has 0 aromatic rings. The SMILES string of the molecule is CN(C)CCOC(=O)C(N)CCC(=O)O. The molecule has 0 rings (SSSR count). The third kappa shape index (κ3) is 7.90. The van der Waals surface area contributed by atoms with E-state index in [9.17, 15) is 9.59 Å². The van der Waals surface area contributed by atoms with E-state index in [1.807, 2.05) is 19.0 Å². The summed E-state index contributed by atoms with van der Waals surface area (Å²) >= 11 is 0. The molecule has 6 nitrogen and oxygen atoms in total. The molecule has 0 aliphatic heterocycles. The van der Waals surface area contributed by atoms with Crippen LogP contribution in [0.2, 0.25) is 0 Å². The van der Waals surface area contributed by atoms with Gasteiger partial charge in [0.05, 0.1) is 0 Å². The zero-order valence-corrected chi connectivity index (χ0v) is 9.10. The smallest absolute Gasteiger partial charge is 0.322 e. The van der Waals surface area contributed by atoms with Crippen LogP contribution in [0.4, 0.5) is 0 Å². The van der Waals surface area contributed by atoms with E-state index in [4.69, 9.17) is 15.6 Å². The molecule has 0 amide bonds. The molecule has 0 saturated heterocycles. The van der Waals surface area contributed by atoms with Crippen molar-refractivity contribution in [1.82, 2.24) is 4.90 Å². The lowest BCUT2D eigenvalue weighted by Gasteiger charge is -2.12. The molecule has 0 heterocycles.